The molecule has 0 aromatic carbocycles. The molecule has 1 aliphatic rings. The van der Waals surface area contributed by atoms with Crippen LogP contribution in [0.15, 0.2) is 24.5 Å². The smallest absolute Gasteiger partial charge is 0.237 e. The standard InChI is InChI=1S/C14H15N5O/c1-17-13-10-19(14(20)4-5-15)8-11(13)12(16-17)9-18-6-2-3-7-18/h2-3,6-7H,4,8-10H2,1H3. The molecule has 6 nitrogen and oxygen atoms in total. The van der Waals surface area contributed by atoms with Gasteiger partial charge in [-0.05, 0) is 12.1 Å². The normalized spacial score (nSPS) is 13.3. The number of fused-ring (bicyclic) bond motifs is 1. The molecular formula is C14H15N5O. The third-order valence-electron chi connectivity index (χ3n) is 3.63. The van der Waals surface area contributed by atoms with Gasteiger partial charge in [-0.1, -0.05) is 0 Å². The Morgan fingerprint density at radius 3 is 2.85 bits per heavy atom. The summed E-state index contributed by atoms with van der Waals surface area (Å²) in [5, 5.41) is 13.2. The number of hydrogen-bond donors (Lipinski definition) is 0. The van der Waals surface area contributed by atoms with Gasteiger partial charge in [-0.2, -0.15) is 10.4 Å². The van der Waals surface area contributed by atoms with Crippen molar-refractivity contribution in [1.82, 2.24) is 19.2 Å². The van der Waals surface area contributed by atoms with Crippen LogP contribution < -0.4 is 0 Å². The second kappa shape index (κ2) is 4.85. The van der Waals surface area contributed by atoms with Gasteiger partial charge >= 0.3 is 0 Å². The summed E-state index contributed by atoms with van der Waals surface area (Å²) < 4.78 is 3.90. The molecule has 20 heavy (non-hydrogen) atoms. The third kappa shape index (κ3) is 2.07. The summed E-state index contributed by atoms with van der Waals surface area (Å²) >= 11 is 0. The summed E-state index contributed by atoms with van der Waals surface area (Å²) in [6, 6.07) is 5.87. The summed E-state index contributed by atoms with van der Waals surface area (Å²) in [6.45, 7) is 1.81. The molecule has 0 atom stereocenters. The molecule has 102 valence electrons. The van der Waals surface area contributed by atoms with Crippen LogP contribution in [0.3, 0.4) is 0 Å². The number of rotatable bonds is 3. The lowest BCUT2D eigenvalue weighted by atomic mass is 10.2. The predicted molar refractivity (Wildman–Crippen MR) is 71.2 cm³/mol. The average Bonchev–Trinajstić information content (AvgIpc) is 3.11. The van der Waals surface area contributed by atoms with E-state index in [0.29, 0.717) is 19.6 Å². The zero-order valence-corrected chi connectivity index (χ0v) is 11.3. The van der Waals surface area contributed by atoms with Crippen LogP contribution in [0.5, 0.6) is 0 Å². The number of nitriles is 1. The Morgan fingerprint density at radius 2 is 2.15 bits per heavy atom. The van der Waals surface area contributed by atoms with E-state index in [0.717, 1.165) is 17.0 Å². The van der Waals surface area contributed by atoms with Gasteiger partial charge in [0.15, 0.2) is 0 Å². The lowest BCUT2D eigenvalue weighted by Gasteiger charge is -2.14. The summed E-state index contributed by atoms with van der Waals surface area (Å²) in [5.74, 6) is -0.115. The number of aromatic nitrogens is 3. The Kier molecular flexibility index (Phi) is 3.03. The van der Waals surface area contributed by atoms with E-state index in [4.69, 9.17) is 5.26 Å². The van der Waals surface area contributed by atoms with Gasteiger partial charge in [0, 0.05) is 31.5 Å². The Morgan fingerprint density at radius 1 is 1.40 bits per heavy atom. The number of carbonyl (C=O) groups is 1. The molecule has 0 saturated carbocycles. The van der Waals surface area contributed by atoms with Gasteiger partial charge in [0.05, 0.1) is 30.5 Å². The van der Waals surface area contributed by atoms with E-state index >= 15 is 0 Å². The fourth-order valence-corrected chi connectivity index (χ4v) is 2.60. The van der Waals surface area contributed by atoms with Gasteiger partial charge in [0.25, 0.3) is 0 Å². The first-order valence-corrected chi connectivity index (χ1v) is 6.48. The van der Waals surface area contributed by atoms with Gasteiger partial charge in [0.2, 0.25) is 5.91 Å². The SMILES string of the molecule is Cn1nc(Cn2cccc2)c2c1CN(C(=O)CC#N)C2. The fourth-order valence-electron chi connectivity index (χ4n) is 2.60. The first-order valence-electron chi connectivity index (χ1n) is 6.48. The van der Waals surface area contributed by atoms with Gasteiger partial charge in [-0.15, -0.1) is 0 Å². The first kappa shape index (κ1) is 12.5. The lowest BCUT2D eigenvalue weighted by molar-refractivity contribution is -0.130. The number of hydrogen-bond acceptors (Lipinski definition) is 3. The van der Waals surface area contributed by atoms with Crippen molar-refractivity contribution in [2.45, 2.75) is 26.1 Å². The molecule has 0 saturated heterocycles. The molecule has 2 aromatic rings. The highest BCUT2D eigenvalue weighted by atomic mass is 16.2. The maximum atomic E-state index is 11.8. The van der Waals surface area contributed by atoms with Crippen molar-refractivity contribution >= 4 is 5.91 Å². The molecule has 0 bridgehead atoms. The van der Waals surface area contributed by atoms with Crippen molar-refractivity contribution in [3.05, 3.63) is 41.5 Å². The molecular weight excluding hydrogens is 254 g/mol. The number of amides is 1. The largest absolute Gasteiger partial charge is 0.348 e. The van der Waals surface area contributed by atoms with Crippen LogP contribution in [0.25, 0.3) is 0 Å². The van der Waals surface area contributed by atoms with Crippen LogP contribution in [-0.2, 0) is 31.5 Å². The molecule has 1 amide bonds. The topological polar surface area (TPSA) is 66.8 Å². The molecule has 3 heterocycles. The van der Waals surface area contributed by atoms with Crippen molar-refractivity contribution < 1.29 is 4.79 Å². The Bertz CT molecular complexity index is 677. The van der Waals surface area contributed by atoms with E-state index in [-0.39, 0.29) is 12.3 Å². The zero-order chi connectivity index (χ0) is 14.1. The van der Waals surface area contributed by atoms with Gasteiger partial charge in [-0.25, -0.2) is 0 Å². The minimum Gasteiger partial charge on any atom is -0.348 e. The zero-order valence-electron chi connectivity index (χ0n) is 11.3. The van der Waals surface area contributed by atoms with Crippen molar-refractivity contribution in [3.63, 3.8) is 0 Å². The maximum Gasteiger partial charge on any atom is 0.237 e. The highest BCUT2D eigenvalue weighted by molar-refractivity contribution is 5.78. The van der Waals surface area contributed by atoms with Crippen molar-refractivity contribution in [2.24, 2.45) is 7.05 Å². The van der Waals surface area contributed by atoms with Crippen LogP contribution in [0.2, 0.25) is 0 Å². The van der Waals surface area contributed by atoms with Crippen molar-refractivity contribution in [2.75, 3.05) is 0 Å². The minimum absolute atomic E-state index is 0.0612. The number of carbonyl (C=O) groups excluding carboxylic acids is 1. The van der Waals surface area contributed by atoms with E-state index in [1.807, 2.05) is 42.3 Å². The van der Waals surface area contributed by atoms with E-state index in [2.05, 4.69) is 9.67 Å². The summed E-state index contributed by atoms with van der Waals surface area (Å²) in [6.07, 6.45) is 3.93. The van der Waals surface area contributed by atoms with Crippen molar-refractivity contribution in [3.8, 4) is 6.07 Å². The van der Waals surface area contributed by atoms with Crippen molar-refractivity contribution in [1.29, 1.82) is 5.26 Å². The quantitative estimate of drug-likeness (QED) is 0.835. The van der Waals surface area contributed by atoms with Crippen LogP contribution in [0.4, 0.5) is 0 Å². The fraction of sp³-hybridized carbons (Fsp3) is 0.357. The van der Waals surface area contributed by atoms with Crippen LogP contribution in [0, 0.1) is 11.3 Å². The predicted octanol–water partition coefficient (Wildman–Crippen LogP) is 1.03. The van der Waals surface area contributed by atoms with Gasteiger partial charge < -0.3 is 9.47 Å². The monoisotopic (exact) mass is 269 g/mol. The number of aryl methyl sites for hydroxylation is 1. The van der Waals surface area contributed by atoms with E-state index in [1.54, 1.807) is 4.90 Å². The summed E-state index contributed by atoms with van der Waals surface area (Å²) in [7, 11) is 1.90. The minimum atomic E-state index is -0.115. The van der Waals surface area contributed by atoms with Crippen LogP contribution in [-0.4, -0.2) is 25.2 Å². The lowest BCUT2D eigenvalue weighted by Crippen LogP contribution is -2.25. The van der Waals surface area contributed by atoms with Gasteiger partial charge in [-0.3, -0.25) is 9.48 Å². The molecule has 1 aliphatic heterocycles. The highest BCUT2D eigenvalue weighted by Crippen LogP contribution is 2.26. The Balaban J connectivity index is 1.83. The molecule has 0 fully saturated rings. The molecule has 6 heteroatoms. The molecule has 0 N–H and O–H groups in total. The summed E-state index contributed by atoms with van der Waals surface area (Å²) in [5.41, 5.74) is 3.18. The third-order valence-corrected chi connectivity index (χ3v) is 3.63. The molecule has 2 aromatic heterocycles. The second-order valence-corrected chi connectivity index (χ2v) is 4.94. The second-order valence-electron chi connectivity index (χ2n) is 4.94. The maximum absolute atomic E-state index is 11.8. The van der Waals surface area contributed by atoms with Gasteiger partial charge in [0.1, 0.15) is 6.42 Å². The first-order chi connectivity index (χ1) is 9.69. The molecule has 0 unspecified atom stereocenters. The van der Waals surface area contributed by atoms with Crippen LogP contribution in [0.1, 0.15) is 23.4 Å². The number of nitrogens with zero attached hydrogens (tertiary/aromatic N) is 5. The summed E-state index contributed by atoms with van der Waals surface area (Å²) in [4.78, 5) is 13.5. The highest BCUT2D eigenvalue weighted by Gasteiger charge is 2.29. The molecule has 3 rings (SSSR count). The van der Waals surface area contributed by atoms with E-state index in [9.17, 15) is 4.79 Å². The molecule has 0 radical (unpaired) electrons. The van der Waals surface area contributed by atoms with E-state index < -0.39 is 0 Å². The Hall–Kier alpha value is -2.55. The Labute approximate surface area is 116 Å². The average molecular weight is 269 g/mol. The van der Waals surface area contributed by atoms with E-state index in [1.165, 1.54) is 0 Å². The molecule has 0 spiro atoms. The molecule has 0 aliphatic carbocycles. The van der Waals surface area contributed by atoms with Crippen LogP contribution >= 0.6 is 0 Å².